The second kappa shape index (κ2) is 5.81. The van der Waals surface area contributed by atoms with Gasteiger partial charge in [-0.2, -0.15) is 0 Å². The van der Waals surface area contributed by atoms with Crippen molar-refractivity contribution < 1.29 is 24.0 Å². The summed E-state index contributed by atoms with van der Waals surface area (Å²) >= 11 is 0. The van der Waals surface area contributed by atoms with Gasteiger partial charge in [-0.1, -0.05) is 5.21 Å². The number of aromatic carboxylic acids is 1. The summed E-state index contributed by atoms with van der Waals surface area (Å²) in [7, 11) is 0. The Morgan fingerprint density at radius 2 is 2.24 bits per heavy atom. The Hall–Kier alpha value is -3.24. The maximum Gasteiger partial charge on any atom is 0.433 e. The Morgan fingerprint density at radius 3 is 2.81 bits per heavy atom. The molecule has 2 aromatic heterocycles. The Kier molecular flexibility index (Phi) is 3.92. The lowest BCUT2D eigenvalue weighted by Gasteiger charge is -2.02. The van der Waals surface area contributed by atoms with Gasteiger partial charge in [-0.05, 0) is 6.07 Å². The number of amides is 1. The molecule has 2 N–H and O–H groups in total. The molecule has 11 heteroatoms. The number of carbonyl (C=O) groups excluding carboxylic acids is 1. The van der Waals surface area contributed by atoms with Gasteiger partial charge in [0, 0.05) is 6.54 Å². The normalized spacial score (nSPS) is 10.3. The molecule has 0 saturated heterocycles. The van der Waals surface area contributed by atoms with Gasteiger partial charge in [-0.3, -0.25) is 14.9 Å². The van der Waals surface area contributed by atoms with Crippen molar-refractivity contribution in [3.05, 3.63) is 39.9 Å². The Bertz CT molecular complexity index is 690. The van der Waals surface area contributed by atoms with Crippen molar-refractivity contribution in [2.24, 2.45) is 0 Å². The Morgan fingerprint density at radius 1 is 1.48 bits per heavy atom. The van der Waals surface area contributed by atoms with Gasteiger partial charge >= 0.3 is 11.9 Å². The zero-order valence-corrected chi connectivity index (χ0v) is 10.4. The molecule has 0 saturated carbocycles. The van der Waals surface area contributed by atoms with Crippen LogP contribution in [-0.2, 0) is 6.54 Å². The molecule has 0 unspecified atom stereocenters. The summed E-state index contributed by atoms with van der Waals surface area (Å²) in [5.41, 5.74) is -0.206. The second-order valence-electron chi connectivity index (χ2n) is 3.82. The third-order valence-electron chi connectivity index (χ3n) is 2.38. The van der Waals surface area contributed by atoms with Gasteiger partial charge in [0.2, 0.25) is 0 Å². The van der Waals surface area contributed by atoms with Crippen LogP contribution < -0.4 is 5.32 Å². The number of rotatable bonds is 6. The molecule has 2 rings (SSSR count). The summed E-state index contributed by atoms with van der Waals surface area (Å²) < 4.78 is 5.97. The highest BCUT2D eigenvalue weighted by molar-refractivity contribution is 5.91. The van der Waals surface area contributed by atoms with Crippen molar-refractivity contribution >= 4 is 17.8 Å². The highest BCUT2D eigenvalue weighted by Gasteiger charge is 2.16. The molecular weight excluding hydrogens is 286 g/mol. The van der Waals surface area contributed by atoms with Crippen LogP contribution in [0.15, 0.2) is 22.7 Å². The molecule has 0 atom stereocenters. The summed E-state index contributed by atoms with van der Waals surface area (Å²) in [6.07, 6.45) is 1.21. The molecule has 0 aliphatic heterocycles. The molecule has 1 amide bonds. The van der Waals surface area contributed by atoms with Crippen molar-refractivity contribution in [1.29, 1.82) is 0 Å². The summed E-state index contributed by atoms with van der Waals surface area (Å²) in [5.74, 6) is -2.54. The quantitative estimate of drug-likeness (QED) is 0.553. The van der Waals surface area contributed by atoms with Crippen molar-refractivity contribution in [3.8, 4) is 0 Å². The summed E-state index contributed by atoms with van der Waals surface area (Å²) in [6, 6.07) is 2.26. The molecular formula is C10H9N5O6. The summed E-state index contributed by atoms with van der Waals surface area (Å²) in [5, 5.41) is 28.5. The topological polar surface area (TPSA) is 153 Å². The van der Waals surface area contributed by atoms with Crippen LogP contribution in [0.3, 0.4) is 0 Å². The molecule has 0 spiro atoms. The van der Waals surface area contributed by atoms with Crippen molar-refractivity contribution in [3.63, 3.8) is 0 Å². The number of hydrogen-bond acceptors (Lipinski definition) is 7. The van der Waals surface area contributed by atoms with Crippen LogP contribution in [0.1, 0.15) is 21.0 Å². The van der Waals surface area contributed by atoms with Gasteiger partial charge < -0.3 is 14.8 Å². The molecule has 0 aromatic carbocycles. The van der Waals surface area contributed by atoms with E-state index in [0.29, 0.717) is 0 Å². The molecule has 0 aliphatic rings. The van der Waals surface area contributed by atoms with E-state index in [1.807, 2.05) is 0 Å². The first-order valence-corrected chi connectivity index (χ1v) is 5.63. The van der Waals surface area contributed by atoms with E-state index in [1.54, 1.807) is 0 Å². The summed E-state index contributed by atoms with van der Waals surface area (Å²) in [4.78, 5) is 31.9. The highest BCUT2D eigenvalue weighted by Crippen LogP contribution is 2.15. The molecule has 2 heterocycles. The van der Waals surface area contributed by atoms with Gasteiger partial charge in [0.05, 0.1) is 18.8 Å². The maximum absolute atomic E-state index is 11.6. The number of carboxylic acid groups (broad SMARTS) is 1. The number of aromatic nitrogens is 3. The van der Waals surface area contributed by atoms with Crippen LogP contribution in [0, 0.1) is 10.1 Å². The number of furan rings is 1. The van der Waals surface area contributed by atoms with Gasteiger partial charge in [0.25, 0.3) is 5.91 Å². The van der Waals surface area contributed by atoms with E-state index in [9.17, 15) is 19.7 Å². The van der Waals surface area contributed by atoms with Crippen molar-refractivity contribution in [1.82, 2.24) is 20.3 Å². The fourth-order valence-electron chi connectivity index (χ4n) is 1.42. The van der Waals surface area contributed by atoms with Crippen LogP contribution in [0.5, 0.6) is 0 Å². The fourth-order valence-corrected chi connectivity index (χ4v) is 1.42. The number of carbonyl (C=O) groups is 2. The van der Waals surface area contributed by atoms with Gasteiger partial charge in [-0.25, -0.2) is 9.48 Å². The number of carboxylic acids is 1. The van der Waals surface area contributed by atoms with Gasteiger partial charge in [0.15, 0.2) is 11.5 Å². The predicted molar refractivity (Wildman–Crippen MR) is 64.7 cm³/mol. The third kappa shape index (κ3) is 3.40. The van der Waals surface area contributed by atoms with Crippen LogP contribution in [0.4, 0.5) is 5.88 Å². The van der Waals surface area contributed by atoms with E-state index in [4.69, 9.17) is 9.52 Å². The molecule has 110 valence electrons. The highest BCUT2D eigenvalue weighted by atomic mass is 16.6. The van der Waals surface area contributed by atoms with Crippen molar-refractivity contribution in [2.75, 3.05) is 6.54 Å². The Balaban J connectivity index is 1.85. The number of nitrogens with one attached hydrogen (secondary N) is 1. The lowest BCUT2D eigenvalue weighted by Crippen LogP contribution is -2.27. The lowest BCUT2D eigenvalue weighted by atomic mass is 10.4. The molecule has 0 radical (unpaired) electrons. The molecule has 11 nitrogen and oxygen atoms in total. The number of hydrogen-bond donors (Lipinski definition) is 2. The van der Waals surface area contributed by atoms with Crippen LogP contribution in [0.2, 0.25) is 0 Å². The predicted octanol–water partition coefficient (Wildman–Crippen LogP) is -0.0925. The van der Waals surface area contributed by atoms with E-state index in [2.05, 4.69) is 15.6 Å². The van der Waals surface area contributed by atoms with E-state index in [1.165, 1.54) is 16.9 Å². The van der Waals surface area contributed by atoms with Crippen LogP contribution >= 0.6 is 0 Å². The van der Waals surface area contributed by atoms with Gasteiger partial charge in [-0.15, -0.1) is 5.10 Å². The van der Waals surface area contributed by atoms with E-state index in [0.717, 1.165) is 6.07 Å². The Labute approximate surface area is 116 Å². The minimum Gasteiger partial charge on any atom is -0.476 e. The average molecular weight is 295 g/mol. The molecule has 0 aliphatic carbocycles. The lowest BCUT2D eigenvalue weighted by molar-refractivity contribution is -0.402. The maximum atomic E-state index is 11.6. The smallest absolute Gasteiger partial charge is 0.433 e. The SMILES string of the molecule is O=C(O)c1cn(CCNC(=O)c2ccc([N+](=O)[O-])o2)nn1. The number of nitrogens with zero attached hydrogens (tertiary/aromatic N) is 4. The van der Waals surface area contributed by atoms with E-state index >= 15 is 0 Å². The minimum atomic E-state index is -1.20. The number of nitro groups is 1. The standard InChI is InChI=1S/C10H9N5O6/c16-9(7-1-2-8(21-7)15(19)20)11-3-4-14-5-6(10(17)18)12-13-14/h1-2,5H,3-4H2,(H,11,16)(H,17,18). The first-order chi connectivity index (χ1) is 9.97. The summed E-state index contributed by atoms with van der Waals surface area (Å²) in [6.45, 7) is 0.310. The molecule has 0 bridgehead atoms. The van der Waals surface area contributed by atoms with E-state index in [-0.39, 0.29) is 24.5 Å². The monoisotopic (exact) mass is 295 g/mol. The van der Waals surface area contributed by atoms with E-state index < -0.39 is 22.7 Å². The van der Waals surface area contributed by atoms with Gasteiger partial charge in [0.1, 0.15) is 4.92 Å². The fraction of sp³-hybridized carbons (Fsp3) is 0.200. The molecule has 2 aromatic rings. The minimum absolute atomic E-state index is 0.121. The molecule has 0 fully saturated rings. The third-order valence-corrected chi connectivity index (χ3v) is 2.38. The largest absolute Gasteiger partial charge is 0.476 e. The van der Waals surface area contributed by atoms with Crippen LogP contribution in [0.25, 0.3) is 0 Å². The second-order valence-corrected chi connectivity index (χ2v) is 3.82. The first kappa shape index (κ1) is 14.2. The first-order valence-electron chi connectivity index (χ1n) is 5.63. The average Bonchev–Trinajstić information content (AvgIpc) is 3.07. The van der Waals surface area contributed by atoms with Crippen molar-refractivity contribution in [2.45, 2.75) is 6.54 Å². The van der Waals surface area contributed by atoms with Crippen LogP contribution in [-0.4, -0.2) is 43.4 Å². The zero-order chi connectivity index (χ0) is 15.4. The zero-order valence-electron chi connectivity index (χ0n) is 10.4. The molecule has 21 heavy (non-hydrogen) atoms.